The predicted octanol–water partition coefficient (Wildman–Crippen LogP) is 2.88. The molecule has 0 spiro atoms. The van der Waals surface area contributed by atoms with E-state index in [-0.39, 0.29) is 16.5 Å². The van der Waals surface area contributed by atoms with Gasteiger partial charge in [-0.25, -0.2) is 4.98 Å². The van der Waals surface area contributed by atoms with Gasteiger partial charge in [-0.3, -0.25) is 4.79 Å². The van der Waals surface area contributed by atoms with Crippen molar-refractivity contribution in [2.75, 3.05) is 12.3 Å². The molecule has 8 heteroatoms. The Balaban J connectivity index is 1.89. The van der Waals surface area contributed by atoms with Crippen molar-refractivity contribution >= 4 is 40.8 Å². The van der Waals surface area contributed by atoms with Crippen LogP contribution in [-0.4, -0.2) is 33.3 Å². The van der Waals surface area contributed by atoms with Gasteiger partial charge >= 0.3 is 0 Å². The first-order valence-corrected chi connectivity index (χ1v) is 7.82. The number of halogens is 1. The summed E-state index contributed by atoms with van der Waals surface area (Å²) in [5.41, 5.74) is 0.0617. The van der Waals surface area contributed by atoms with Gasteiger partial charge in [-0.2, -0.15) is 0 Å². The van der Waals surface area contributed by atoms with Gasteiger partial charge in [0.15, 0.2) is 10.8 Å². The summed E-state index contributed by atoms with van der Waals surface area (Å²) in [6.45, 7) is -2.63. The third-order valence-electron chi connectivity index (χ3n) is 2.93. The zero-order valence-electron chi connectivity index (χ0n) is 14.3. The Hall–Kier alpha value is -1.86. The standard InChI is InChI=1S/C14H14ClN5OS/c1-16-14(21)12-9(7-11(15)19-20-12)18-13-10(3-2-6-17-13)22-8-4-5-8/h2-3,6-8H,4-5H2,1H3,(H,16,21)(H,17,18,19)/i1D3. The minimum atomic E-state index is -2.63. The van der Waals surface area contributed by atoms with Crippen LogP contribution in [0, 0.1) is 0 Å². The van der Waals surface area contributed by atoms with Crippen molar-refractivity contribution in [3.8, 4) is 0 Å². The van der Waals surface area contributed by atoms with Crippen LogP contribution in [-0.2, 0) is 0 Å². The van der Waals surface area contributed by atoms with E-state index in [9.17, 15) is 4.79 Å². The quantitative estimate of drug-likeness (QED) is 0.872. The van der Waals surface area contributed by atoms with Crippen molar-refractivity contribution in [1.82, 2.24) is 20.5 Å². The molecule has 3 rings (SSSR count). The Bertz CT molecular complexity index is 800. The van der Waals surface area contributed by atoms with Crippen LogP contribution in [0.3, 0.4) is 0 Å². The summed E-state index contributed by atoms with van der Waals surface area (Å²) < 4.78 is 21.5. The molecule has 1 aliphatic rings. The number of anilines is 2. The molecule has 1 aliphatic carbocycles. The number of hydrogen-bond donors (Lipinski definition) is 2. The molecule has 114 valence electrons. The van der Waals surface area contributed by atoms with Gasteiger partial charge in [0.1, 0.15) is 5.82 Å². The van der Waals surface area contributed by atoms with E-state index in [4.69, 9.17) is 15.7 Å². The van der Waals surface area contributed by atoms with Gasteiger partial charge < -0.3 is 10.6 Å². The molecule has 2 aromatic rings. The van der Waals surface area contributed by atoms with Gasteiger partial charge in [0.2, 0.25) is 0 Å². The van der Waals surface area contributed by atoms with Crippen molar-refractivity contribution in [3.05, 3.63) is 35.2 Å². The summed E-state index contributed by atoms with van der Waals surface area (Å²) in [6.07, 6.45) is 3.94. The van der Waals surface area contributed by atoms with Gasteiger partial charge in [-0.15, -0.1) is 22.0 Å². The summed E-state index contributed by atoms with van der Waals surface area (Å²) in [4.78, 5) is 17.4. The van der Waals surface area contributed by atoms with Crippen LogP contribution in [0.2, 0.25) is 5.15 Å². The molecule has 0 aliphatic heterocycles. The molecule has 2 N–H and O–H groups in total. The van der Waals surface area contributed by atoms with Crippen LogP contribution >= 0.6 is 23.4 Å². The van der Waals surface area contributed by atoms with Gasteiger partial charge in [-0.05, 0) is 25.0 Å². The van der Waals surface area contributed by atoms with E-state index in [1.54, 1.807) is 18.0 Å². The molecule has 2 heterocycles. The molecule has 0 unspecified atom stereocenters. The number of amides is 1. The molecule has 0 saturated heterocycles. The summed E-state index contributed by atoms with van der Waals surface area (Å²) in [6, 6.07) is 5.16. The number of hydrogen-bond acceptors (Lipinski definition) is 6. The second-order valence-electron chi connectivity index (χ2n) is 4.68. The van der Waals surface area contributed by atoms with E-state index >= 15 is 0 Å². The molecular weight excluding hydrogens is 322 g/mol. The van der Waals surface area contributed by atoms with Gasteiger partial charge in [0.05, 0.1) is 10.6 Å². The number of pyridine rings is 1. The third kappa shape index (κ3) is 3.48. The van der Waals surface area contributed by atoms with E-state index in [0.717, 1.165) is 17.7 Å². The van der Waals surface area contributed by atoms with Crippen molar-refractivity contribution in [2.24, 2.45) is 0 Å². The Morgan fingerprint density at radius 2 is 2.36 bits per heavy atom. The number of rotatable bonds is 5. The first-order chi connectivity index (χ1) is 11.8. The SMILES string of the molecule is [2H]C([2H])([2H])NC(=O)c1nnc(Cl)cc1Nc1ncccc1SC1CC1. The van der Waals surface area contributed by atoms with E-state index in [1.165, 1.54) is 6.07 Å². The van der Waals surface area contributed by atoms with Crippen molar-refractivity contribution < 1.29 is 8.91 Å². The van der Waals surface area contributed by atoms with Gasteiger partial charge in [0, 0.05) is 28.6 Å². The molecule has 2 aromatic heterocycles. The molecule has 22 heavy (non-hydrogen) atoms. The first kappa shape index (κ1) is 11.7. The van der Waals surface area contributed by atoms with E-state index in [1.807, 2.05) is 17.4 Å². The fourth-order valence-corrected chi connectivity index (χ4v) is 3.01. The maximum Gasteiger partial charge on any atom is 0.273 e. The molecular formula is C14H14ClN5OS. The molecule has 0 atom stereocenters. The highest BCUT2D eigenvalue weighted by Gasteiger charge is 2.24. The number of thioether (sulfide) groups is 1. The largest absolute Gasteiger partial charge is 0.354 e. The maximum absolute atomic E-state index is 12.2. The highest BCUT2D eigenvalue weighted by Crippen LogP contribution is 2.41. The van der Waals surface area contributed by atoms with Crippen LogP contribution in [0.1, 0.15) is 27.4 Å². The van der Waals surface area contributed by atoms with Crippen molar-refractivity contribution in [3.63, 3.8) is 0 Å². The van der Waals surface area contributed by atoms with E-state index < -0.39 is 12.9 Å². The molecule has 6 nitrogen and oxygen atoms in total. The van der Waals surface area contributed by atoms with Crippen LogP contribution in [0.15, 0.2) is 29.3 Å². The summed E-state index contributed by atoms with van der Waals surface area (Å²) in [7, 11) is 0. The van der Waals surface area contributed by atoms with E-state index in [2.05, 4.69) is 20.5 Å². The Morgan fingerprint density at radius 1 is 1.50 bits per heavy atom. The zero-order valence-corrected chi connectivity index (χ0v) is 12.9. The Labute approximate surface area is 141 Å². The number of carbonyl (C=O) groups excluding carboxylic acids is 1. The van der Waals surface area contributed by atoms with Crippen LogP contribution in [0.25, 0.3) is 0 Å². The van der Waals surface area contributed by atoms with Crippen LogP contribution in [0.4, 0.5) is 11.5 Å². The average Bonchev–Trinajstić information content (AvgIpc) is 3.31. The molecule has 0 bridgehead atoms. The maximum atomic E-state index is 12.2. The van der Waals surface area contributed by atoms with Crippen LogP contribution in [0.5, 0.6) is 0 Å². The molecule has 0 aromatic carbocycles. The van der Waals surface area contributed by atoms with Crippen molar-refractivity contribution in [2.45, 2.75) is 23.0 Å². The smallest absolute Gasteiger partial charge is 0.273 e. The predicted molar refractivity (Wildman–Crippen MR) is 86.8 cm³/mol. The first-order valence-electron chi connectivity index (χ1n) is 8.06. The lowest BCUT2D eigenvalue weighted by Gasteiger charge is -2.12. The number of aromatic nitrogens is 3. The third-order valence-corrected chi connectivity index (χ3v) is 4.51. The fraction of sp³-hybridized carbons (Fsp3) is 0.286. The van der Waals surface area contributed by atoms with Crippen LogP contribution < -0.4 is 10.6 Å². The highest BCUT2D eigenvalue weighted by atomic mass is 35.5. The normalized spacial score (nSPS) is 16.3. The minimum absolute atomic E-state index is 0.0697. The summed E-state index contributed by atoms with van der Waals surface area (Å²) in [5, 5.41) is 12.9. The molecule has 0 radical (unpaired) electrons. The Kier molecular flexibility index (Phi) is 3.45. The second-order valence-corrected chi connectivity index (χ2v) is 6.41. The topological polar surface area (TPSA) is 79.8 Å². The fourth-order valence-electron chi connectivity index (χ4n) is 1.76. The van der Waals surface area contributed by atoms with Gasteiger partial charge in [0.25, 0.3) is 5.91 Å². The summed E-state index contributed by atoms with van der Waals surface area (Å²) >= 11 is 7.57. The summed E-state index contributed by atoms with van der Waals surface area (Å²) in [5.74, 6) is -0.328. The highest BCUT2D eigenvalue weighted by molar-refractivity contribution is 8.00. The number of carbonyl (C=O) groups is 1. The number of nitrogens with zero attached hydrogens (tertiary/aromatic N) is 3. The number of nitrogens with one attached hydrogen (secondary N) is 2. The monoisotopic (exact) mass is 338 g/mol. The molecule has 1 fully saturated rings. The minimum Gasteiger partial charge on any atom is -0.354 e. The molecule has 1 saturated carbocycles. The molecule has 1 amide bonds. The zero-order chi connectivity index (χ0) is 18.0. The van der Waals surface area contributed by atoms with Gasteiger partial charge in [-0.1, -0.05) is 11.6 Å². The average molecular weight is 339 g/mol. The lowest BCUT2D eigenvalue weighted by molar-refractivity contribution is 0.0958. The lowest BCUT2D eigenvalue weighted by atomic mass is 10.3. The van der Waals surface area contributed by atoms with Crippen molar-refractivity contribution in [1.29, 1.82) is 0 Å². The van der Waals surface area contributed by atoms with E-state index in [0.29, 0.717) is 11.1 Å². The Morgan fingerprint density at radius 3 is 3.14 bits per heavy atom. The lowest BCUT2D eigenvalue weighted by Crippen LogP contribution is -2.21. The second kappa shape index (κ2) is 6.50.